The molecule has 1 heterocycles. The fraction of sp³-hybridized carbons (Fsp3) is 0.500. The van der Waals surface area contributed by atoms with Gasteiger partial charge in [-0.25, -0.2) is 8.42 Å². The maximum atomic E-state index is 10.7. The lowest BCUT2D eigenvalue weighted by Crippen LogP contribution is -2.03. The third-order valence-electron chi connectivity index (χ3n) is 1.05. The molecular weight excluding hydrogens is 168 g/mol. The van der Waals surface area contributed by atoms with Crippen LogP contribution < -0.4 is 5.73 Å². The van der Waals surface area contributed by atoms with E-state index < -0.39 is 9.84 Å². The monoisotopic (exact) mass is 176 g/mol. The molecule has 0 saturated carbocycles. The summed E-state index contributed by atoms with van der Waals surface area (Å²) in [6.07, 6.45) is 1.11. The van der Waals surface area contributed by atoms with Gasteiger partial charge in [0.25, 0.3) is 0 Å². The topological polar surface area (TPSA) is 102 Å². The van der Waals surface area contributed by atoms with Crippen molar-refractivity contribution in [2.75, 3.05) is 12.0 Å². The van der Waals surface area contributed by atoms with Gasteiger partial charge in [-0.2, -0.15) is 10.3 Å². The van der Waals surface area contributed by atoms with Gasteiger partial charge in [-0.15, -0.1) is 5.10 Å². The Bertz CT molecular complexity index is 341. The van der Waals surface area contributed by atoms with Gasteiger partial charge in [0.2, 0.25) is 0 Å². The van der Waals surface area contributed by atoms with E-state index in [0.717, 1.165) is 6.26 Å². The van der Waals surface area contributed by atoms with Crippen molar-refractivity contribution in [1.29, 1.82) is 0 Å². The third kappa shape index (κ3) is 2.19. The third-order valence-corrected chi connectivity index (χ3v) is 1.85. The number of nitrogens with zero attached hydrogens (tertiary/aromatic N) is 2. The minimum atomic E-state index is -3.07. The Morgan fingerprint density at radius 2 is 2.18 bits per heavy atom. The molecule has 6 nitrogen and oxygen atoms in total. The van der Waals surface area contributed by atoms with E-state index in [1.807, 2.05) is 0 Å². The second kappa shape index (κ2) is 2.50. The minimum absolute atomic E-state index is 0.135. The molecule has 7 heteroatoms. The summed E-state index contributed by atoms with van der Waals surface area (Å²) in [7, 11) is -3.07. The van der Waals surface area contributed by atoms with Gasteiger partial charge in [0, 0.05) is 6.26 Å². The summed E-state index contributed by atoms with van der Waals surface area (Å²) < 4.78 is 21.4. The van der Waals surface area contributed by atoms with E-state index >= 15 is 0 Å². The maximum Gasteiger partial charge on any atom is 0.170 e. The summed E-state index contributed by atoms with van der Waals surface area (Å²) in [5.74, 6) is -0.0366. The number of aromatic amines is 1. The van der Waals surface area contributed by atoms with Crippen LogP contribution in [0.5, 0.6) is 0 Å². The van der Waals surface area contributed by atoms with Gasteiger partial charge in [0.05, 0.1) is 5.75 Å². The number of H-pyrrole nitrogens is 1. The molecule has 0 amide bonds. The molecule has 11 heavy (non-hydrogen) atoms. The van der Waals surface area contributed by atoms with E-state index in [2.05, 4.69) is 15.4 Å². The van der Waals surface area contributed by atoms with Crippen LogP contribution in [0.15, 0.2) is 0 Å². The zero-order valence-corrected chi connectivity index (χ0v) is 6.72. The molecule has 0 unspecified atom stereocenters. The Kier molecular flexibility index (Phi) is 1.81. The molecular formula is C4H8N4O2S. The largest absolute Gasteiger partial charge is 0.381 e. The summed E-state index contributed by atoms with van der Waals surface area (Å²) in [5, 5.41) is 9.27. The molecule has 0 aliphatic rings. The van der Waals surface area contributed by atoms with Gasteiger partial charge < -0.3 is 5.73 Å². The molecule has 1 rings (SSSR count). The highest BCUT2D eigenvalue weighted by atomic mass is 32.2. The molecule has 0 aliphatic heterocycles. The van der Waals surface area contributed by atoms with Crippen LogP contribution >= 0.6 is 0 Å². The van der Waals surface area contributed by atoms with Crippen molar-refractivity contribution in [3.8, 4) is 0 Å². The molecule has 0 spiro atoms. The smallest absolute Gasteiger partial charge is 0.170 e. The summed E-state index contributed by atoms with van der Waals surface area (Å²) in [6, 6.07) is 0. The maximum absolute atomic E-state index is 10.7. The van der Waals surface area contributed by atoms with Crippen molar-refractivity contribution in [3.05, 3.63) is 5.69 Å². The Balaban J connectivity index is 2.89. The SMILES string of the molecule is CS(=O)(=O)Cc1n[nH]nc1N. The van der Waals surface area contributed by atoms with Crippen LogP contribution in [-0.4, -0.2) is 30.1 Å². The zero-order chi connectivity index (χ0) is 8.48. The normalized spacial score (nSPS) is 11.7. The van der Waals surface area contributed by atoms with Crippen molar-refractivity contribution >= 4 is 15.7 Å². The molecule has 3 N–H and O–H groups in total. The molecule has 0 fully saturated rings. The standard InChI is InChI=1S/C4H8N4O2S/c1-11(9,10)2-3-4(5)7-8-6-3/h2H2,1H3,(H3,5,6,7,8). The van der Waals surface area contributed by atoms with Gasteiger partial charge in [-0.3, -0.25) is 0 Å². The second-order valence-electron chi connectivity index (χ2n) is 2.23. The van der Waals surface area contributed by atoms with Gasteiger partial charge >= 0.3 is 0 Å². The summed E-state index contributed by atoms with van der Waals surface area (Å²) in [5.41, 5.74) is 5.55. The van der Waals surface area contributed by atoms with Crippen LogP contribution in [0.2, 0.25) is 0 Å². The highest BCUT2D eigenvalue weighted by Gasteiger charge is 2.10. The number of nitrogen functional groups attached to an aromatic ring is 1. The fourth-order valence-corrected chi connectivity index (χ4v) is 1.32. The van der Waals surface area contributed by atoms with Gasteiger partial charge in [-0.1, -0.05) is 0 Å². The van der Waals surface area contributed by atoms with E-state index in [4.69, 9.17) is 5.73 Å². The van der Waals surface area contributed by atoms with E-state index in [1.165, 1.54) is 0 Å². The van der Waals surface area contributed by atoms with E-state index in [9.17, 15) is 8.42 Å². The number of nitrogens with two attached hydrogens (primary N) is 1. The lowest BCUT2D eigenvalue weighted by molar-refractivity contribution is 0.600. The highest BCUT2D eigenvalue weighted by Crippen LogP contribution is 2.05. The van der Waals surface area contributed by atoms with Crippen molar-refractivity contribution in [3.63, 3.8) is 0 Å². The van der Waals surface area contributed by atoms with Crippen LogP contribution in [0.3, 0.4) is 0 Å². The number of hydrogen-bond donors (Lipinski definition) is 2. The predicted octanol–water partition coefficient (Wildman–Crippen LogP) is -1.07. The zero-order valence-electron chi connectivity index (χ0n) is 5.90. The Hall–Kier alpha value is -1.11. The quantitative estimate of drug-likeness (QED) is 0.597. The molecule has 62 valence electrons. The van der Waals surface area contributed by atoms with Crippen LogP contribution in [0, 0.1) is 0 Å². The Labute approximate surface area is 63.7 Å². The molecule has 0 aliphatic carbocycles. The minimum Gasteiger partial charge on any atom is -0.381 e. The molecule has 0 bridgehead atoms. The second-order valence-corrected chi connectivity index (χ2v) is 4.37. The summed E-state index contributed by atoms with van der Waals surface area (Å²) in [6.45, 7) is 0. The summed E-state index contributed by atoms with van der Waals surface area (Å²) >= 11 is 0. The number of anilines is 1. The first kappa shape index (κ1) is 7.99. The van der Waals surface area contributed by atoms with E-state index in [1.54, 1.807) is 0 Å². The Morgan fingerprint density at radius 1 is 1.55 bits per heavy atom. The van der Waals surface area contributed by atoms with Crippen molar-refractivity contribution in [2.24, 2.45) is 0 Å². The fourth-order valence-electron chi connectivity index (χ4n) is 0.616. The van der Waals surface area contributed by atoms with Gasteiger partial charge in [-0.05, 0) is 0 Å². The van der Waals surface area contributed by atoms with E-state index in [-0.39, 0.29) is 17.3 Å². The van der Waals surface area contributed by atoms with Crippen LogP contribution in [-0.2, 0) is 15.6 Å². The number of hydrogen-bond acceptors (Lipinski definition) is 5. The van der Waals surface area contributed by atoms with Crippen LogP contribution in [0.1, 0.15) is 5.69 Å². The predicted molar refractivity (Wildman–Crippen MR) is 39.3 cm³/mol. The first-order chi connectivity index (χ1) is 4.99. The van der Waals surface area contributed by atoms with Crippen molar-refractivity contribution in [1.82, 2.24) is 15.4 Å². The lowest BCUT2D eigenvalue weighted by Gasteiger charge is -1.92. The molecule has 0 radical (unpaired) electrons. The van der Waals surface area contributed by atoms with Crippen LogP contribution in [0.25, 0.3) is 0 Å². The molecule has 0 saturated heterocycles. The average molecular weight is 176 g/mol. The average Bonchev–Trinajstić information content (AvgIpc) is 2.12. The van der Waals surface area contributed by atoms with Crippen LogP contribution in [0.4, 0.5) is 5.82 Å². The van der Waals surface area contributed by atoms with Crippen molar-refractivity contribution in [2.45, 2.75) is 5.75 Å². The number of aromatic nitrogens is 3. The van der Waals surface area contributed by atoms with Gasteiger partial charge in [0.15, 0.2) is 15.7 Å². The Morgan fingerprint density at radius 3 is 2.55 bits per heavy atom. The van der Waals surface area contributed by atoms with E-state index in [0.29, 0.717) is 0 Å². The number of rotatable bonds is 2. The highest BCUT2D eigenvalue weighted by molar-refractivity contribution is 7.89. The number of nitrogens with one attached hydrogen (secondary N) is 1. The first-order valence-electron chi connectivity index (χ1n) is 2.82. The molecule has 1 aromatic rings. The molecule has 0 atom stereocenters. The number of sulfone groups is 1. The molecule has 1 aromatic heterocycles. The molecule has 0 aromatic carbocycles. The lowest BCUT2D eigenvalue weighted by atomic mass is 10.5. The first-order valence-corrected chi connectivity index (χ1v) is 4.88. The van der Waals surface area contributed by atoms with Gasteiger partial charge in [0.1, 0.15) is 5.69 Å². The summed E-state index contributed by atoms with van der Waals surface area (Å²) in [4.78, 5) is 0. The van der Waals surface area contributed by atoms with Crippen molar-refractivity contribution < 1.29 is 8.42 Å².